The van der Waals surface area contributed by atoms with Crippen LogP contribution in [0.4, 0.5) is 5.82 Å². The van der Waals surface area contributed by atoms with Crippen molar-refractivity contribution in [3.05, 3.63) is 11.9 Å². The molecule has 2 N–H and O–H groups in total. The van der Waals surface area contributed by atoms with Gasteiger partial charge in [0.15, 0.2) is 0 Å². The number of hydrogen-bond donors (Lipinski definition) is 1. The molecule has 1 saturated carbocycles. The Hall–Kier alpha value is -1.32. The van der Waals surface area contributed by atoms with Crippen molar-refractivity contribution in [2.75, 3.05) is 5.73 Å². The van der Waals surface area contributed by atoms with Crippen LogP contribution in [0.1, 0.15) is 38.2 Å². The first-order valence-corrected chi connectivity index (χ1v) is 5.90. The number of rotatable bonds is 2. The minimum absolute atomic E-state index is 0.289. The molecule has 0 bridgehead atoms. The van der Waals surface area contributed by atoms with Gasteiger partial charge in [-0.2, -0.15) is 0 Å². The number of aromatic nitrogens is 2. The molecule has 2 unspecified atom stereocenters. The molecular weight excluding hydrogens is 202 g/mol. The minimum Gasteiger partial charge on any atom is -0.474 e. The second-order valence-electron chi connectivity index (χ2n) is 4.70. The number of hydrogen-bond acceptors (Lipinski definition) is 4. The van der Waals surface area contributed by atoms with Gasteiger partial charge in [-0.05, 0) is 32.1 Å². The van der Waals surface area contributed by atoms with Crippen LogP contribution in [-0.2, 0) is 0 Å². The van der Waals surface area contributed by atoms with Crippen LogP contribution in [0, 0.1) is 12.8 Å². The Morgan fingerprint density at radius 2 is 2.19 bits per heavy atom. The molecule has 1 aliphatic rings. The predicted octanol–water partition coefficient (Wildman–Crippen LogP) is 2.32. The highest BCUT2D eigenvalue weighted by molar-refractivity contribution is 5.43. The first kappa shape index (κ1) is 11.2. The molecule has 0 radical (unpaired) electrons. The van der Waals surface area contributed by atoms with Crippen molar-refractivity contribution in [1.29, 1.82) is 0 Å². The van der Waals surface area contributed by atoms with E-state index in [2.05, 4.69) is 16.9 Å². The highest BCUT2D eigenvalue weighted by Crippen LogP contribution is 2.28. The van der Waals surface area contributed by atoms with Crippen LogP contribution in [0.15, 0.2) is 6.33 Å². The first-order chi connectivity index (χ1) is 7.66. The van der Waals surface area contributed by atoms with E-state index in [0.29, 0.717) is 11.7 Å². The third-order valence-corrected chi connectivity index (χ3v) is 3.24. The van der Waals surface area contributed by atoms with Crippen LogP contribution in [0.25, 0.3) is 0 Å². The van der Waals surface area contributed by atoms with E-state index in [-0.39, 0.29) is 6.10 Å². The van der Waals surface area contributed by atoms with Gasteiger partial charge in [-0.1, -0.05) is 13.3 Å². The fourth-order valence-corrected chi connectivity index (χ4v) is 2.21. The lowest BCUT2D eigenvalue weighted by Gasteiger charge is -2.27. The zero-order valence-corrected chi connectivity index (χ0v) is 9.94. The molecule has 0 saturated heterocycles. The molecule has 2 atom stereocenters. The summed E-state index contributed by atoms with van der Waals surface area (Å²) < 4.78 is 5.91. The van der Waals surface area contributed by atoms with Crippen LogP contribution in [0.3, 0.4) is 0 Å². The standard InChI is InChI=1S/C12H19N3O/c1-8-4-3-5-10(6-8)16-12-9(2)11(13)14-7-15-12/h7-8,10H,3-6H2,1-2H3,(H2,13,14,15). The van der Waals surface area contributed by atoms with E-state index in [0.717, 1.165) is 24.3 Å². The van der Waals surface area contributed by atoms with Gasteiger partial charge >= 0.3 is 0 Å². The van der Waals surface area contributed by atoms with Crippen molar-refractivity contribution in [3.8, 4) is 5.88 Å². The van der Waals surface area contributed by atoms with Gasteiger partial charge in [0.25, 0.3) is 0 Å². The van der Waals surface area contributed by atoms with Crippen LogP contribution in [0.5, 0.6) is 5.88 Å². The minimum atomic E-state index is 0.289. The normalized spacial score (nSPS) is 25.4. The predicted molar refractivity (Wildman–Crippen MR) is 63.2 cm³/mol. The number of ether oxygens (including phenoxy) is 1. The monoisotopic (exact) mass is 221 g/mol. The van der Waals surface area contributed by atoms with Crippen molar-refractivity contribution >= 4 is 5.82 Å². The van der Waals surface area contributed by atoms with E-state index < -0.39 is 0 Å². The average Bonchev–Trinajstić information content (AvgIpc) is 2.25. The fraction of sp³-hybridized carbons (Fsp3) is 0.667. The maximum absolute atomic E-state index is 5.91. The lowest BCUT2D eigenvalue weighted by atomic mass is 9.89. The molecule has 0 aliphatic heterocycles. The lowest BCUT2D eigenvalue weighted by Crippen LogP contribution is -2.25. The Balaban J connectivity index is 2.05. The van der Waals surface area contributed by atoms with E-state index in [1.54, 1.807) is 0 Å². The maximum Gasteiger partial charge on any atom is 0.221 e. The quantitative estimate of drug-likeness (QED) is 0.832. The molecule has 4 heteroatoms. The lowest BCUT2D eigenvalue weighted by molar-refractivity contribution is 0.123. The third-order valence-electron chi connectivity index (χ3n) is 3.24. The average molecular weight is 221 g/mol. The van der Waals surface area contributed by atoms with E-state index >= 15 is 0 Å². The van der Waals surface area contributed by atoms with Gasteiger partial charge in [-0.15, -0.1) is 0 Å². The summed E-state index contributed by atoms with van der Waals surface area (Å²) in [5.74, 6) is 1.90. The van der Waals surface area contributed by atoms with E-state index in [9.17, 15) is 0 Å². The molecule has 1 heterocycles. The second kappa shape index (κ2) is 4.68. The summed E-state index contributed by atoms with van der Waals surface area (Å²) in [6.07, 6.45) is 6.54. The van der Waals surface area contributed by atoms with Crippen LogP contribution < -0.4 is 10.5 Å². The van der Waals surface area contributed by atoms with Gasteiger partial charge in [-0.25, -0.2) is 9.97 Å². The van der Waals surface area contributed by atoms with Gasteiger partial charge in [0, 0.05) is 0 Å². The summed E-state index contributed by atoms with van der Waals surface area (Å²) in [7, 11) is 0. The fourth-order valence-electron chi connectivity index (χ4n) is 2.21. The summed E-state index contributed by atoms with van der Waals surface area (Å²) in [4.78, 5) is 8.08. The van der Waals surface area contributed by atoms with Crippen molar-refractivity contribution in [2.24, 2.45) is 5.92 Å². The molecule has 1 fully saturated rings. The number of nitrogens with zero attached hydrogens (tertiary/aromatic N) is 2. The topological polar surface area (TPSA) is 61.0 Å². The maximum atomic E-state index is 5.91. The van der Waals surface area contributed by atoms with Crippen molar-refractivity contribution in [1.82, 2.24) is 9.97 Å². The van der Waals surface area contributed by atoms with Gasteiger partial charge in [0.2, 0.25) is 5.88 Å². The smallest absolute Gasteiger partial charge is 0.221 e. The Labute approximate surface area is 96.2 Å². The Morgan fingerprint density at radius 1 is 1.38 bits per heavy atom. The molecule has 1 aromatic heterocycles. The van der Waals surface area contributed by atoms with E-state index in [1.807, 2.05) is 6.92 Å². The molecule has 16 heavy (non-hydrogen) atoms. The van der Waals surface area contributed by atoms with Gasteiger partial charge in [-0.3, -0.25) is 0 Å². The van der Waals surface area contributed by atoms with Crippen LogP contribution >= 0.6 is 0 Å². The highest BCUT2D eigenvalue weighted by Gasteiger charge is 2.21. The molecule has 0 aromatic carbocycles. The Bertz CT molecular complexity index is 367. The summed E-state index contributed by atoms with van der Waals surface area (Å²) in [5, 5.41) is 0. The summed E-state index contributed by atoms with van der Waals surface area (Å²) in [6, 6.07) is 0. The summed E-state index contributed by atoms with van der Waals surface area (Å²) >= 11 is 0. The second-order valence-corrected chi connectivity index (χ2v) is 4.70. The molecule has 1 aromatic rings. The molecule has 0 amide bonds. The van der Waals surface area contributed by atoms with Gasteiger partial charge < -0.3 is 10.5 Å². The SMILES string of the molecule is Cc1c(N)ncnc1OC1CCCC(C)C1. The Morgan fingerprint density at radius 3 is 2.94 bits per heavy atom. The first-order valence-electron chi connectivity index (χ1n) is 5.90. The number of nitrogen functional groups attached to an aromatic ring is 1. The van der Waals surface area contributed by atoms with Crippen molar-refractivity contribution < 1.29 is 4.74 Å². The molecule has 88 valence electrons. The van der Waals surface area contributed by atoms with Gasteiger partial charge in [0.05, 0.1) is 5.56 Å². The molecule has 4 nitrogen and oxygen atoms in total. The largest absolute Gasteiger partial charge is 0.474 e. The van der Waals surface area contributed by atoms with Crippen LogP contribution in [-0.4, -0.2) is 16.1 Å². The van der Waals surface area contributed by atoms with E-state index in [4.69, 9.17) is 10.5 Å². The zero-order chi connectivity index (χ0) is 11.5. The van der Waals surface area contributed by atoms with Crippen molar-refractivity contribution in [3.63, 3.8) is 0 Å². The number of anilines is 1. The summed E-state index contributed by atoms with van der Waals surface area (Å²) in [6.45, 7) is 4.17. The zero-order valence-electron chi connectivity index (χ0n) is 9.94. The number of nitrogens with two attached hydrogens (primary N) is 1. The summed E-state index contributed by atoms with van der Waals surface area (Å²) in [5.41, 5.74) is 6.57. The Kier molecular flexibility index (Phi) is 3.27. The third kappa shape index (κ3) is 2.43. The molecule has 2 rings (SSSR count). The molecule has 1 aliphatic carbocycles. The van der Waals surface area contributed by atoms with E-state index in [1.165, 1.54) is 19.2 Å². The van der Waals surface area contributed by atoms with Crippen molar-refractivity contribution in [2.45, 2.75) is 45.6 Å². The molecule has 0 spiro atoms. The van der Waals surface area contributed by atoms with Gasteiger partial charge in [0.1, 0.15) is 18.2 Å². The van der Waals surface area contributed by atoms with Crippen LogP contribution in [0.2, 0.25) is 0 Å². The molecular formula is C12H19N3O. The highest BCUT2D eigenvalue weighted by atomic mass is 16.5.